The van der Waals surface area contributed by atoms with Crippen LogP contribution in [0.2, 0.25) is 0 Å². The van der Waals surface area contributed by atoms with Crippen LogP contribution in [0.4, 0.5) is 0 Å². The van der Waals surface area contributed by atoms with E-state index < -0.39 is 18.2 Å². The summed E-state index contributed by atoms with van der Waals surface area (Å²) >= 11 is 0. The normalized spacial score (nSPS) is 30.3. The molecule has 0 saturated carbocycles. The number of amides is 1. The van der Waals surface area contributed by atoms with Gasteiger partial charge in [0.1, 0.15) is 11.8 Å². The minimum atomic E-state index is -1.39. The van der Waals surface area contributed by atoms with Gasteiger partial charge in [-0.25, -0.2) is 0 Å². The Morgan fingerprint density at radius 1 is 1.73 bits per heavy atom. The maximum absolute atomic E-state index is 11.0. The van der Waals surface area contributed by atoms with E-state index in [1.807, 2.05) is 0 Å². The van der Waals surface area contributed by atoms with Gasteiger partial charge in [0.15, 0.2) is 6.23 Å². The first-order chi connectivity index (χ1) is 6.65. The molecule has 0 unspecified atom stereocenters. The van der Waals surface area contributed by atoms with E-state index in [0.29, 0.717) is 0 Å². The van der Waals surface area contributed by atoms with Crippen molar-refractivity contribution in [2.24, 2.45) is 0 Å². The molecule has 2 aliphatic heterocycles. The molecule has 2 atom stereocenters. The number of carboxylic acid groups (broad SMARTS) is 1. The van der Waals surface area contributed by atoms with E-state index in [9.17, 15) is 14.7 Å². The van der Waals surface area contributed by atoms with Crippen molar-refractivity contribution in [2.75, 3.05) is 6.61 Å². The summed E-state index contributed by atoms with van der Waals surface area (Å²) in [5.74, 6) is -1.57. The summed E-state index contributed by atoms with van der Waals surface area (Å²) in [6.45, 7) is -0.326. The Labute approximate surface area is 108 Å². The number of hydrogen-bond acceptors (Lipinski definition) is 5. The van der Waals surface area contributed by atoms with Gasteiger partial charge in [-0.1, -0.05) is 0 Å². The molecule has 2 saturated heterocycles. The first-order valence-electron chi connectivity index (χ1n) is 4.14. The zero-order valence-corrected chi connectivity index (χ0v) is 10.2. The second-order valence-electron chi connectivity index (χ2n) is 3.09. The molecule has 76 valence electrons. The van der Waals surface area contributed by atoms with Crippen molar-refractivity contribution in [2.45, 2.75) is 18.7 Å². The van der Waals surface area contributed by atoms with Gasteiger partial charge in [0, 0.05) is 0 Å². The average Bonchev–Trinajstić information content (AvgIpc) is 2.39. The predicted molar refractivity (Wildman–Crippen MR) is 40.3 cm³/mol. The number of ether oxygens (including phenoxy) is 1. The molecule has 0 aromatic heterocycles. The fraction of sp³-hybridized carbons (Fsp3) is 0.500. The van der Waals surface area contributed by atoms with Crippen LogP contribution in [0.15, 0.2) is 11.8 Å². The van der Waals surface area contributed by atoms with Crippen LogP contribution in [0.25, 0.3) is 0 Å². The SMILES string of the molecule is O=C([O-])[C@H]1/C(=C/CO)O[C@@H]2CC(=O)N21.[Na+]. The Kier molecular flexibility index (Phi) is 3.77. The number of carboxylic acids is 1. The van der Waals surface area contributed by atoms with E-state index in [0.717, 1.165) is 4.90 Å². The molecule has 2 aliphatic rings. The summed E-state index contributed by atoms with van der Waals surface area (Å²) in [6, 6.07) is -1.17. The van der Waals surface area contributed by atoms with E-state index in [4.69, 9.17) is 9.84 Å². The monoisotopic (exact) mass is 221 g/mol. The number of fused-ring (bicyclic) bond motifs is 1. The fourth-order valence-corrected chi connectivity index (χ4v) is 1.65. The van der Waals surface area contributed by atoms with Crippen LogP contribution in [0.5, 0.6) is 0 Å². The molecular formula is C8H8NNaO5. The molecule has 1 N–H and O–H groups in total. The molecule has 0 bridgehead atoms. The summed E-state index contributed by atoms with van der Waals surface area (Å²) in [5.41, 5.74) is 0. The molecule has 0 aromatic carbocycles. The number of hydrogen-bond donors (Lipinski definition) is 1. The molecule has 6 nitrogen and oxygen atoms in total. The Hall–Kier alpha value is -0.560. The van der Waals surface area contributed by atoms with Crippen LogP contribution in [0, 0.1) is 0 Å². The Morgan fingerprint density at radius 3 is 2.87 bits per heavy atom. The number of rotatable bonds is 2. The summed E-state index contributed by atoms with van der Waals surface area (Å²) < 4.78 is 5.13. The number of aliphatic hydroxyl groups is 1. The van der Waals surface area contributed by atoms with Crippen molar-refractivity contribution in [3.63, 3.8) is 0 Å². The largest absolute Gasteiger partial charge is 1.00 e. The molecule has 15 heavy (non-hydrogen) atoms. The van der Waals surface area contributed by atoms with Crippen LogP contribution >= 0.6 is 0 Å². The first kappa shape index (κ1) is 12.5. The summed E-state index contributed by atoms with van der Waals surface area (Å²) in [6.07, 6.45) is 0.918. The van der Waals surface area contributed by atoms with Crippen molar-refractivity contribution in [1.29, 1.82) is 0 Å². The third kappa shape index (κ3) is 1.90. The molecule has 0 aromatic rings. The number of β-lactam (4-membered cyclic amide) rings is 1. The molecule has 0 spiro atoms. The summed E-state index contributed by atoms with van der Waals surface area (Å²) in [7, 11) is 0. The van der Waals surface area contributed by atoms with E-state index in [1.54, 1.807) is 0 Å². The molecule has 2 rings (SSSR count). The van der Waals surface area contributed by atoms with Gasteiger partial charge in [-0.15, -0.1) is 0 Å². The van der Waals surface area contributed by atoms with Crippen LogP contribution in [-0.4, -0.2) is 40.8 Å². The van der Waals surface area contributed by atoms with Crippen molar-refractivity contribution >= 4 is 11.9 Å². The summed E-state index contributed by atoms with van der Waals surface area (Å²) in [5, 5.41) is 19.3. The van der Waals surface area contributed by atoms with Gasteiger partial charge >= 0.3 is 29.6 Å². The van der Waals surface area contributed by atoms with Gasteiger partial charge in [0.05, 0.1) is 19.0 Å². The van der Waals surface area contributed by atoms with Gasteiger partial charge in [-0.05, 0) is 6.08 Å². The number of carbonyl (C=O) groups excluding carboxylic acids is 2. The molecule has 0 aliphatic carbocycles. The number of aliphatic hydroxyl groups excluding tert-OH is 1. The molecule has 2 heterocycles. The van der Waals surface area contributed by atoms with Crippen molar-refractivity contribution in [3.8, 4) is 0 Å². The van der Waals surface area contributed by atoms with Crippen molar-refractivity contribution < 1.29 is 54.1 Å². The van der Waals surface area contributed by atoms with E-state index in [2.05, 4.69) is 0 Å². The molecule has 1 amide bonds. The van der Waals surface area contributed by atoms with Gasteiger partial charge in [-0.2, -0.15) is 0 Å². The van der Waals surface area contributed by atoms with Crippen LogP contribution < -0.4 is 34.7 Å². The van der Waals surface area contributed by atoms with Gasteiger partial charge in [0.2, 0.25) is 5.91 Å². The second-order valence-corrected chi connectivity index (χ2v) is 3.09. The van der Waals surface area contributed by atoms with Crippen LogP contribution in [0.3, 0.4) is 0 Å². The smallest absolute Gasteiger partial charge is 0.547 e. The standard InChI is InChI=1S/C8H9NO5.Na/c10-2-1-4-7(8(12)13)9-5(11)3-6(9)14-4;/h1,6-7,10H,2-3H2,(H,12,13);/q;+1/p-1/b4-1-;/t6-,7-;/m1./s1. The second kappa shape index (κ2) is 4.52. The Balaban J connectivity index is 0.00000112. The topological polar surface area (TPSA) is 89.9 Å². The third-order valence-electron chi connectivity index (χ3n) is 2.28. The molecule has 0 radical (unpaired) electrons. The third-order valence-corrected chi connectivity index (χ3v) is 2.28. The molecular weight excluding hydrogens is 213 g/mol. The van der Waals surface area contributed by atoms with Gasteiger partial charge < -0.3 is 19.7 Å². The minimum absolute atomic E-state index is 0. The van der Waals surface area contributed by atoms with Gasteiger partial charge in [0.25, 0.3) is 0 Å². The maximum atomic E-state index is 11.0. The Morgan fingerprint density at radius 2 is 2.40 bits per heavy atom. The average molecular weight is 221 g/mol. The number of nitrogens with zero attached hydrogens (tertiary/aromatic N) is 1. The number of aliphatic carboxylic acids is 1. The minimum Gasteiger partial charge on any atom is -0.547 e. The summed E-state index contributed by atoms with van der Waals surface area (Å²) in [4.78, 5) is 22.9. The van der Waals surface area contributed by atoms with Crippen molar-refractivity contribution in [1.82, 2.24) is 4.90 Å². The quantitative estimate of drug-likeness (QED) is 0.371. The van der Waals surface area contributed by atoms with Crippen LogP contribution in [-0.2, 0) is 14.3 Å². The zero-order chi connectivity index (χ0) is 10.3. The number of carbonyl (C=O) groups is 2. The van der Waals surface area contributed by atoms with E-state index in [-0.39, 0.29) is 54.3 Å². The zero-order valence-electron chi connectivity index (χ0n) is 8.17. The molecule has 2 fully saturated rings. The fourth-order valence-electron chi connectivity index (χ4n) is 1.65. The predicted octanol–water partition coefficient (Wildman–Crippen LogP) is -5.43. The van der Waals surface area contributed by atoms with E-state index >= 15 is 0 Å². The van der Waals surface area contributed by atoms with Crippen molar-refractivity contribution in [3.05, 3.63) is 11.8 Å². The van der Waals surface area contributed by atoms with Crippen LogP contribution in [0.1, 0.15) is 6.42 Å². The Bertz CT molecular complexity index is 329. The van der Waals surface area contributed by atoms with Gasteiger partial charge in [-0.3, -0.25) is 9.69 Å². The van der Waals surface area contributed by atoms with E-state index in [1.165, 1.54) is 6.08 Å². The molecule has 7 heteroatoms. The first-order valence-corrected chi connectivity index (χ1v) is 4.14. The maximum Gasteiger partial charge on any atom is 1.00 e.